The quantitative estimate of drug-likeness (QED) is 0.531. The van der Waals surface area contributed by atoms with Crippen molar-refractivity contribution in [1.29, 1.82) is 10.5 Å². The molecule has 166 valence electrons. The van der Waals surface area contributed by atoms with Gasteiger partial charge in [0.05, 0.1) is 30.7 Å². The lowest BCUT2D eigenvalue weighted by Gasteiger charge is -2.66. The molecule has 0 spiro atoms. The van der Waals surface area contributed by atoms with Gasteiger partial charge >= 0.3 is 0 Å². The van der Waals surface area contributed by atoms with Gasteiger partial charge in [-0.25, -0.2) is 0 Å². The number of nitrogens with one attached hydrogen (secondary N) is 1. The second kappa shape index (κ2) is 7.58. The molecule has 6 rings (SSSR count). The van der Waals surface area contributed by atoms with Gasteiger partial charge in [0, 0.05) is 17.8 Å². The number of rotatable bonds is 7. The van der Waals surface area contributed by atoms with E-state index in [1.165, 1.54) is 6.08 Å². The fraction of sp³-hybridized carbons (Fsp3) is 0.375. The SMILES string of the molecule is Cc1cc(/C=C/C#N)cc(C)c1Oc1nc(NC23CC(C#N)(C2)C3)nc2nn(CCO)cc12. The van der Waals surface area contributed by atoms with Gasteiger partial charge in [0.1, 0.15) is 11.1 Å². The molecule has 3 aliphatic carbocycles. The first-order valence-corrected chi connectivity index (χ1v) is 10.8. The van der Waals surface area contributed by atoms with Gasteiger partial charge in [0.15, 0.2) is 5.65 Å². The number of anilines is 1. The van der Waals surface area contributed by atoms with Crippen LogP contribution in [-0.2, 0) is 6.54 Å². The van der Waals surface area contributed by atoms with Crippen LogP contribution in [0.4, 0.5) is 5.95 Å². The lowest BCUT2D eigenvalue weighted by atomic mass is 9.40. The lowest BCUT2D eigenvalue weighted by Crippen LogP contribution is -2.70. The van der Waals surface area contributed by atoms with Crippen molar-refractivity contribution >= 4 is 23.1 Å². The molecule has 1 aromatic carbocycles. The summed E-state index contributed by atoms with van der Waals surface area (Å²) in [6, 6.07) is 8.31. The van der Waals surface area contributed by atoms with Crippen LogP contribution in [0.5, 0.6) is 11.6 Å². The van der Waals surface area contributed by atoms with Crippen LogP contribution < -0.4 is 10.1 Å². The average molecular weight is 441 g/mol. The fourth-order valence-corrected chi connectivity index (χ4v) is 5.02. The molecular formula is C24H23N7O2. The highest BCUT2D eigenvalue weighted by Gasteiger charge is 2.69. The third-order valence-electron chi connectivity index (χ3n) is 6.40. The molecule has 3 aliphatic rings. The largest absolute Gasteiger partial charge is 0.437 e. The normalized spacial score (nSPS) is 22.9. The van der Waals surface area contributed by atoms with Crippen LogP contribution in [0.1, 0.15) is 36.0 Å². The summed E-state index contributed by atoms with van der Waals surface area (Å²) in [4.78, 5) is 9.24. The Hall–Kier alpha value is -3.95. The Labute approximate surface area is 191 Å². The summed E-state index contributed by atoms with van der Waals surface area (Å²) >= 11 is 0. The maximum absolute atomic E-state index is 9.32. The minimum atomic E-state index is -0.185. The van der Waals surface area contributed by atoms with Crippen LogP contribution in [0.15, 0.2) is 24.4 Å². The molecule has 2 bridgehead atoms. The topological polar surface area (TPSA) is 133 Å². The number of allylic oxidation sites excluding steroid dienone is 1. The van der Waals surface area contributed by atoms with Crippen LogP contribution in [0.25, 0.3) is 17.1 Å². The van der Waals surface area contributed by atoms with Gasteiger partial charge in [-0.15, -0.1) is 0 Å². The van der Waals surface area contributed by atoms with Crippen molar-refractivity contribution in [3.63, 3.8) is 0 Å². The molecule has 0 aliphatic heterocycles. The number of ether oxygens (including phenoxy) is 1. The van der Waals surface area contributed by atoms with E-state index in [1.807, 2.05) is 32.0 Å². The summed E-state index contributed by atoms with van der Waals surface area (Å²) < 4.78 is 7.94. The first-order chi connectivity index (χ1) is 15.9. The van der Waals surface area contributed by atoms with Gasteiger partial charge in [-0.2, -0.15) is 25.6 Å². The maximum atomic E-state index is 9.32. The Balaban J connectivity index is 1.51. The van der Waals surface area contributed by atoms with Gasteiger partial charge in [-0.3, -0.25) is 4.68 Å². The number of aryl methyl sites for hydroxylation is 2. The maximum Gasteiger partial charge on any atom is 0.235 e. The second-order valence-corrected chi connectivity index (χ2v) is 9.08. The Bertz CT molecular complexity index is 1330. The fourth-order valence-electron chi connectivity index (χ4n) is 5.02. The summed E-state index contributed by atoms with van der Waals surface area (Å²) in [7, 11) is 0. The molecule has 2 heterocycles. The predicted octanol–water partition coefficient (Wildman–Crippen LogP) is 3.62. The average Bonchev–Trinajstić information content (AvgIpc) is 3.13. The van der Waals surface area contributed by atoms with Gasteiger partial charge < -0.3 is 15.2 Å². The Morgan fingerprint density at radius 3 is 2.58 bits per heavy atom. The summed E-state index contributed by atoms with van der Waals surface area (Å²) in [5.74, 6) is 1.47. The molecule has 0 unspecified atom stereocenters. The zero-order chi connectivity index (χ0) is 23.2. The van der Waals surface area contributed by atoms with E-state index in [2.05, 4.69) is 26.5 Å². The Morgan fingerprint density at radius 1 is 1.21 bits per heavy atom. The number of aromatic nitrogens is 4. The van der Waals surface area contributed by atoms with Gasteiger partial charge in [-0.05, 0) is 68.0 Å². The Morgan fingerprint density at radius 2 is 1.94 bits per heavy atom. The molecule has 3 fully saturated rings. The smallest absolute Gasteiger partial charge is 0.235 e. The molecule has 2 aromatic heterocycles. The molecule has 9 heteroatoms. The zero-order valence-electron chi connectivity index (χ0n) is 18.5. The molecule has 33 heavy (non-hydrogen) atoms. The van der Waals surface area contributed by atoms with Crippen LogP contribution in [0.3, 0.4) is 0 Å². The number of hydrogen-bond acceptors (Lipinski definition) is 8. The lowest BCUT2D eigenvalue weighted by molar-refractivity contribution is -0.0665. The van der Waals surface area contributed by atoms with E-state index >= 15 is 0 Å². The molecule has 0 radical (unpaired) electrons. The first-order valence-electron chi connectivity index (χ1n) is 10.8. The number of nitriles is 2. The number of aliphatic hydroxyl groups is 1. The Kier molecular flexibility index (Phi) is 4.80. The van der Waals surface area contributed by atoms with Crippen LogP contribution in [0, 0.1) is 41.9 Å². The number of hydrogen-bond donors (Lipinski definition) is 2. The van der Waals surface area contributed by atoms with E-state index in [9.17, 15) is 10.4 Å². The number of benzene rings is 1. The van der Waals surface area contributed by atoms with Crippen molar-refractivity contribution in [2.24, 2.45) is 5.41 Å². The van der Waals surface area contributed by atoms with Crippen molar-refractivity contribution in [2.45, 2.75) is 45.2 Å². The van der Waals surface area contributed by atoms with Crippen LogP contribution >= 0.6 is 0 Å². The highest BCUT2D eigenvalue weighted by molar-refractivity contribution is 5.81. The molecule has 0 atom stereocenters. The third-order valence-corrected chi connectivity index (χ3v) is 6.40. The van der Waals surface area contributed by atoms with Crippen molar-refractivity contribution in [3.05, 3.63) is 41.1 Å². The van der Waals surface area contributed by atoms with Crippen LogP contribution in [-0.4, -0.2) is 37.0 Å². The standard InChI is InChI=1S/C24H23N7O2/c1-15-8-17(4-3-5-25)9-16(2)19(15)33-21-18-10-31(6-7-32)30-20(18)27-22(28-21)29-24-11-23(12-24,13-24)14-26/h3-4,8-10,32H,6-7,11-13H2,1-2H3,(H,27,29,30)/b4-3+. The zero-order valence-corrected chi connectivity index (χ0v) is 18.5. The van der Waals surface area contributed by atoms with Crippen molar-refractivity contribution in [3.8, 4) is 23.8 Å². The summed E-state index contributed by atoms with van der Waals surface area (Å²) in [6.07, 6.45) is 7.35. The minimum Gasteiger partial charge on any atom is -0.437 e. The number of nitrogens with zero attached hydrogens (tertiary/aromatic N) is 6. The molecule has 0 amide bonds. The third kappa shape index (κ3) is 3.57. The van der Waals surface area contributed by atoms with Crippen molar-refractivity contribution in [1.82, 2.24) is 19.7 Å². The molecule has 3 aromatic rings. The van der Waals surface area contributed by atoms with E-state index in [4.69, 9.17) is 10.00 Å². The van der Waals surface area contributed by atoms with E-state index in [-0.39, 0.29) is 17.6 Å². The first kappa shape index (κ1) is 20.9. The van der Waals surface area contributed by atoms with E-state index in [0.29, 0.717) is 35.2 Å². The molecule has 2 N–H and O–H groups in total. The minimum absolute atomic E-state index is 0.0437. The molecule has 9 nitrogen and oxygen atoms in total. The molecule has 0 saturated heterocycles. The highest BCUT2D eigenvalue weighted by atomic mass is 16.5. The monoisotopic (exact) mass is 441 g/mol. The highest BCUT2D eigenvalue weighted by Crippen LogP contribution is 2.67. The number of aliphatic hydroxyl groups excluding tert-OH is 1. The van der Waals surface area contributed by atoms with Crippen molar-refractivity contribution in [2.75, 3.05) is 11.9 Å². The summed E-state index contributed by atoms with van der Waals surface area (Å²) in [6.45, 7) is 4.19. The molecule has 3 saturated carbocycles. The van der Waals surface area contributed by atoms with Gasteiger partial charge in [0.25, 0.3) is 0 Å². The van der Waals surface area contributed by atoms with Crippen LogP contribution in [0.2, 0.25) is 0 Å². The summed E-state index contributed by atoms with van der Waals surface area (Å²) in [5, 5.41) is 35.9. The van der Waals surface area contributed by atoms with Gasteiger partial charge in [0.2, 0.25) is 11.8 Å². The van der Waals surface area contributed by atoms with E-state index in [0.717, 1.165) is 36.0 Å². The molecular weight excluding hydrogens is 418 g/mol. The predicted molar refractivity (Wildman–Crippen MR) is 121 cm³/mol. The number of fused-ring (bicyclic) bond motifs is 1. The summed E-state index contributed by atoms with van der Waals surface area (Å²) in [5.41, 5.74) is 2.89. The van der Waals surface area contributed by atoms with Crippen molar-refractivity contribution < 1.29 is 9.84 Å². The van der Waals surface area contributed by atoms with E-state index < -0.39 is 0 Å². The second-order valence-electron chi connectivity index (χ2n) is 9.08. The van der Waals surface area contributed by atoms with Gasteiger partial charge in [-0.1, -0.05) is 0 Å². The van der Waals surface area contributed by atoms with E-state index in [1.54, 1.807) is 17.0 Å².